The number of carbonyl (C=O) groups excluding carboxylic acids is 1. The zero-order chi connectivity index (χ0) is 19.8. The molecule has 28 heavy (non-hydrogen) atoms. The van der Waals surface area contributed by atoms with E-state index in [0.717, 1.165) is 5.56 Å². The van der Waals surface area contributed by atoms with E-state index in [1.807, 2.05) is 13.0 Å². The number of rotatable bonds is 3. The maximum atomic E-state index is 12.3. The molecule has 0 saturated heterocycles. The molecule has 0 bridgehead atoms. The van der Waals surface area contributed by atoms with Gasteiger partial charge in [-0.3, -0.25) is 14.9 Å². The lowest BCUT2D eigenvalue weighted by molar-refractivity contribution is -0.384. The average molecular weight is 416 g/mol. The number of amides is 1. The first-order chi connectivity index (χ1) is 13.5. The van der Waals surface area contributed by atoms with Crippen LogP contribution in [-0.4, -0.2) is 31.3 Å². The molecule has 1 aliphatic rings. The summed E-state index contributed by atoms with van der Waals surface area (Å²) < 4.78 is 1.59. The summed E-state index contributed by atoms with van der Waals surface area (Å²) in [5, 5.41) is 18.5. The second kappa shape index (κ2) is 7.25. The molecule has 2 aromatic heterocycles. The molecular weight excluding hydrogens is 402 g/mol. The number of halogens is 1. The predicted molar refractivity (Wildman–Crippen MR) is 107 cm³/mol. The summed E-state index contributed by atoms with van der Waals surface area (Å²) in [5.74, 6) is 1.13. The van der Waals surface area contributed by atoms with E-state index < -0.39 is 4.92 Å². The summed E-state index contributed by atoms with van der Waals surface area (Å²) in [6, 6.07) is 10.1. The first kappa shape index (κ1) is 18.5. The number of nitro benzene ring substituents is 1. The Hall–Kier alpha value is -2.91. The minimum atomic E-state index is -0.512. The molecule has 1 N–H and O–H groups in total. The van der Waals surface area contributed by atoms with Gasteiger partial charge in [-0.2, -0.15) is 9.78 Å². The molecule has 1 atom stereocenters. The largest absolute Gasteiger partial charge is 0.310 e. The molecule has 1 aromatic carbocycles. The first-order valence-corrected chi connectivity index (χ1v) is 9.74. The van der Waals surface area contributed by atoms with E-state index in [9.17, 15) is 14.9 Å². The predicted octanol–water partition coefficient (Wildman–Crippen LogP) is 3.91. The Bertz CT molecular complexity index is 1090. The normalized spacial score (nSPS) is 16.2. The van der Waals surface area contributed by atoms with Gasteiger partial charge < -0.3 is 5.32 Å². The van der Waals surface area contributed by atoms with Crippen molar-refractivity contribution >= 4 is 40.8 Å². The Morgan fingerprint density at radius 1 is 1.36 bits per heavy atom. The Labute approximate surface area is 169 Å². The van der Waals surface area contributed by atoms with Crippen molar-refractivity contribution in [1.29, 1.82) is 0 Å². The summed E-state index contributed by atoms with van der Waals surface area (Å²) in [6.07, 6.45) is 1.64. The number of anilines is 1. The third-order valence-electron chi connectivity index (χ3n) is 4.34. The smallest absolute Gasteiger partial charge is 0.288 e. The molecule has 0 spiro atoms. The maximum absolute atomic E-state index is 12.3. The number of pyridine rings is 1. The summed E-state index contributed by atoms with van der Waals surface area (Å²) in [4.78, 5) is 27.4. The second-order valence-corrected chi connectivity index (χ2v) is 7.66. The van der Waals surface area contributed by atoms with Gasteiger partial charge in [0.25, 0.3) is 5.69 Å². The average Bonchev–Trinajstić information content (AvgIpc) is 2.88. The number of benzene rings is 1. The lowest BCUT2D eigenvalue weighted by Crippen LogP contribution is -2.16. The van der Waals surface area contributed by atoms with Gasteiger partial charge in [0.2, 0.25) is 5.91 Å². The highest BCUT2D eigenvalue weighted by Crippen LogP contribution is 2.45. The van der Waals surface area contributed by atoms with Crippen molar-refractivity contribution < 1.29 is 9.72 Å². The number of aryl methyl sites for hydroxylation is 1. The van der Waals surface area contributed by atoms with Gasteiger partial charge in [0.1, 0.15) is 10.8 Å². The summed E-state index contributed by atoms with van der Waals surface area (Å²) in [5.41, 5.74) is 2.01. The monoisotopic (exact) mass is 415 g/mol. The standard InChI is InChI=1S/C18H14ClN5O3S/c1-10-16-17(11-5-6-12(19)13(8-11)24(26)27)28-9-15(25)21-18(16)23(22-10)14-4-2-3-7-20-14/h2-8,17H,9H2,1H3,(H,21,25)/t17-/m0/s1. The van der Waals surface area contributed by atoms with Crippen LogP contribution in [0.25, 0.3) is 5.82 Å². The van der Waals surface area contributed by atoms with Gasteiger partial charge in [-0.15, -0.1) is 11.8 Å². The molecule has 142 valence electrons. The van der Waals surface area contributed by atoms with Crippen molar-refractivity contribution in [2.45, 2.75) is 12.2 Å². The molecule has 4 rings (SSSR count). The number of hydrogen-bond donors (Lipinski definition) is 1. The van der Waals surface area contributed by atoms with Gasteiger partial charge >= 0.3 is 0 Å². The van der Waals surface area contributed by atoms with Gasteiger partial charge in [0.05, 0.1) is 21.6 Å². The van der Waals surface area contributed by atoms with Crippen LogP contribution in [0.1, 0.15) is 22.1 Å². The van der Waals surface area contributed by atoms with Gasteiger partial charge in [0.15, 0.2) is 5.82 Å². The van der Waals surface area contributed by atoms with E-state index in [1.54, 1.807) is 29.1 Å². The number of aromatic nitrogens is 3. The van der Waals surface area contributed by atoms with Gasteiger partial charge in [-0.05, 0) is 30.7 Å². The quantitative estimate of drug-likeness (QED) is 0.513. The lowest BCUT2D eigenvalue weighted by atomic mass is 10.0. The molecule has 1 amide bonds. The highest BCUT2D eigenvalue weighted by molar-refractivity contribution is 8.00. The van der Waals surface area contributed by atoms with Crippen molar-refractivity contribution in [3.8, 4) is 5.82 Å². The number of nitrogens with zero attached hydrogens (tertiary/aromatic N) is 4. The fourth-order valence-corrected chi connectivity index (χ4v) is 4.49. The number of fused-ring (bicyclic) bond motifs is 1. The Kier molecular flexibility index (Phi) is 4.78. The van der Waals surface area contributed by atoms with E-state index in [0.29, 0.717) is 22.9 Å². The number of thioether (sulfide) groups is 1. The van der Waals surface area contributed by atoms with Crippen LogP contribution in [0.5, 0.6) is 0 Å². The second-order valence-electron chi connectivity index (χ2n) is 6.15. The number of carbonyl (C=O) groups is 1. The molecular formula is C18H14ClN5O3S. The highest BCUT2D eigenvalue weighted by Gasteiger charge is 2.31. The number of nitro groups is 1. The molecule has 0 saturated carbocycles. The van der Waals surface area contributed by atoms with Gasteiger partial charge in [0, 0.05) is 17.8 Å². The fourth-order valence-electron chi connectivity index (χ4n) is 3.12. The minimum Gasteiger partial charge on any atom is -0.310 e. The number of hydrogen-bond acceptors (Lipinski definition) is 6. The Morgan fingerprint density at radius 2 is 2.18 bits per heavy atom. The Balaban J connectivity index is 1.89. The lowest BCUT2D eigenvalue weighted by Gasteiger charge is -2.15. The van der Waals surface area contributed by atoms with Gasteiger partial charge in [-0.25, -0.2) is 4.98 Å². The zero-order valence-corrected chi connectivity index (χ0v) is 16.2. The van der Waals surface area contributed by atoms with Crippen LogP contribution in [0.3, 0.4) is 0 Å². The van der Waals surface area contributed by atoms with Crippen LogP contribution >= 0.6 is 23.4 Å². The Morgan fingerprint density at radius 3 is 2.89 bits per heavy atom. The van der Waals surface area contributed by atoms with E-state index in [4.69, 9.17) is 11.6 Å². The summed E-state index contributed by atoms with van der Waals surface area (Å²) in [6.45, 7) is 1.84. The molecule has 3 aromatic rings. The maximum Gasteiger partial charge on any atom is 0.288 e. The van der Waals surface area contributed by atoms with Crippen molar-refractivity contribution in [1.82, 2.24) is 14.8 Å². The minimum absolute atomic E-state index is 0.0719. The van der Waals surface area contributed by atoms with Crippen LogP contribution in [0, 0.1) is 17.0 Å². The van der Waals surface area contributed by atoms with Crippen LogP contribution in [0.4, 0.5) is 11.5 Å². The number of nitrogens with one attached hydrogen (secondary N) is 1. The molecule has 1 aliphatic heterocycles. The van der Waals surface area contributed by atoms with Crippen molar-refractivity contribution in [3.05, 3.63) is 74.6 Å². The molecule has 0 unspecified atom stereocenters. The molecule has 0 aliphatic carbocycles. The van der Waals surface area contributed by atoms with Crippen LogP contribution < -0.4 is 5.32 Å². The third-order valence-corrected chi connectivity index (χ3v) is 5.93. The highest BCUT2D eigenvalue weighted by atomic mass is 35.5. The molecule has 8 nitrogen and oxygen atoms in total. The fraction of sp³-hybridized carbons (Fsp3) is 0.167. The molecule has 10 heteroatoms. The third kappa shape index (κ3) is 3.23. The van der Waals surface area contributed by atoms with Crippen molar-refractivity contribution in [3.63, 3.8) is 0 Å². The zero-order valence-electron chi connectivity index (χ0n) is 14.6. The summed E-state index contributed by atoms with van der Waals surface area (Å²) in [7, 11) is 0. The van der Waals surface area contributed by atoms with E-state index in [-0.39, 0.29) is 27.6 Å². The van der Waals surface area contributed by atoms with E-state index in [1.165, 1.54) is 23.9 Å². The topological polar surface area (TPSA) is 103 Å². The van der Waals surface area contributed by atoms with E-state index in [2.05, 4.69) is 15.4 Å². The van der Waals surface area contributed by atoms with Crippen LogP contribution in [-0.2, 0) is 4.79 Å². The SMILES string of the molecule is Cc1nn(-c2ccccn2)c2c1[C@H](c1ccc(Cl)c([N+](=O)[O-])c1)SCC(=O)N2. The molecule has 3 heterocycles. The first-order valence-electron chi connectivity index (χ1n) is 8.32. The van der Waals surface area contributed by atoms with Crippen molar-refractivity contribution in [2.24, 2.45) is 0 Å². The molecule has 0 fully saturated rings. The van der Waals surface area contributed by atoms with Crippen molar-refractivity contribution in [2.75, 3.05) is 11.1 Å². The molecule has 0 radical (unpaired) electrons. The van der Waals surface area contributed by atoms with Crippen LogP contribution in [0.15, 0.2) is 42.6 Å². The van der Waals surface area contributed by atoms with Crippen LogP contribution in [0.2, 0.25) is 5.02 Å². The van der Waals surface area contributed by atoms with Gasteiger partial charge in [-0.1, -0.05) is 23.7 Å². The van der Waals surface area contributed by atoms with E-state index >= 15 is 0 Å². The summed E-state index contributed by atoms with van der Waals surface area (Å²) >= 11 is 7.35.